The minimum Gasteiger partial charge on any atom is -0.468 e. The standard InChI is InChI=1S/C11H19NO6S/c1-4-18-10(13)7-12(9-5-6-9)19(15,16)8(2)11(14)17-3/h8-9H,4-7H2,1-3H3. The van der Waals surface area contributed by atoms with Crippen LogP contribution in [0.4, 0.5) is 0 Å². The Kier molecular flexibility index (Phi) is 5.30. The third-order valence-electron chi connectivity index (χ3n) is 2.85. The third kappa shape index (κ3) is 3.90. The predicted molar refractivity (Wildman–Crippen MR) is 66.8 cm³/mol. The molecule has 19 heavy (non-hydrogen) atoms. The fourth-order valence-electron chi connectivity index (χ4n) is 1.61. The van der Waals surface area contributed by atoms with Gasteiger partial charge in [-0.2, -0.15) is 4.31 Å². The summed E-state index contributed by atoms with van der Waals surface area (Å²) in [6.07, 6.45) is 1.37. The van der Waals surface area contributed by atoms with Crippen molar-refractivity contribution >= 4 is 22.0 Å². The summed E-state index contributed by atoms with van der Waals surface area (Å²) in [5.74, 6) is -1.45. The van der Waals surface area contributed by atoms with E-state index < -0.39 is 27.2 Å². The van der Waals surface area contributed by atoms with E-state index in [9.17, 15) is 18.0 Å². The lowest BCUT2D eigenvalue weighted by Crippen LogP contribution is -2.45. The summed E-state index contributed by atoms with van der Waals surface area (Å²) in [7, 11) is -2.78. The first-order valence-corrected chi connectivity index (χ1v) is 7.59. The van der Waals surface area contributed by atoms with Crippen LogP contribution in [-0.4, -0.2) is 56.2 Å². The van der Waals surface area contributed by atoms with E-state index in [1.54, 1.807) is 6.92 Å². The summed E-state index contributed by atoms with van der Waals surface area (Å²) in [5, 5.41) is -1.33. The molecule has 0 N–H and O–H groups in total. The van der Waals surface area contributed by atoms with Crippen molar-refractivity contribution in [3.63, 3.8) is 0 Å². The molecule has 0 aromatic carbocycles. The summed E-state index contributed by atoms with van der Waals surface area (Å²) in [6.45, 7) is 2.72. The zero-order chi connectivity index (χ0) is 14.6. The first-order valence-electron chi connectivity index (χ1n) is 6.08. The summed E-state index contributed by atoms with van der Waals surface area (Å²) in [6, 6.07) is -0.221. The van der Waals surface area contributed by atoms with Gasteiger partial charge < -0.3 is 9.47 Å². The lowest BCUT2D eigenvalue weighted by atomic mass is 10.5. The van der Waals surface area contributed by atoms with E-state index in [-0.39, 0.29) is 19.2 Å². The predicted octanol–water partition coefficient (Wildman–Crippen LogP) is -0.0948. The molecule has 1 rings (SSSR count). The lowest BCUT2D eigenvalue weighted by molar-refractivity contribution is -0.144. The second-order valence-electron chi connectivity index (χ2n) is 4.29. The van der Waals surface area contributed by atoms with E-state index in [2.05, 4.69) is 4.74 Å². The van der Waals surface area contributed by atoms with Crippen molar-refractivity contribution in [2.45, 2.75) is 38.0 Å². The van der Waals surface area contributed by atoms with Crippen LogP contribution in [0.5, 0.6) is 0 Å². The first kappa shape index (κ1) is 15.9. The number of sulfonamides is 1. The normalized spacial score (nSPS) is 17.1. The monoisotopic (exact) mass is 293 g/mol. The van der Waals surface area contributed by atoms with Gasteiger partial charge in [-0.25, -0.2) is 8.42 Å². The van der Waals surface area contributed by atoms with Gasteiger partial charge in [-0.15, -0.1) is 0 Å². The number of carbonyl (C=O) groups is 2. The van der Waals surface area contributed by atoms with Gasteiger partial charge in [0.1, 0.15) is 6.54 Å². The molecular weight excluding hydrogens is 274 g/mol. The van der Waals surface area contributed by atoms with Gasteiger partial charge in [0.15, 0.2) is 5.25 Å². The van der Waals surface area contributed by atoms with Crippen LogP contribution in [0.2, 0.25) is 0 Å². The van der Waals surface area contributed by atoms with Gasteiger partial charge in [-0.05, 0) is 26.7 Å². The molecular formula is C11H19NO6S. The molecule has 1 atom stereocenters. The Morgan fingerprint density at radius 3 is 2.37 bits per heavy atom. The molecule has 1 saturated carbocycles. The summed E-state index contributed by atoms with van der Waals surface area (Å²) in [5.41, 5.74) is 0. The van der Waals surface area contributed by atoms with Crippen molar-refractivity contribution in [1.29, 1.82) is 0 Å². The van der Waals surface area contributed by atoms with E-state index in [0.29, 0.717) is 12.8 Å². The number of hydrogen-bond acceptors (Lipinski definition) is 6. The van der Waals surface area contributed by atoms with Gasteiger partial charge in [0.05, 0.1) is 13.7 Å². The van der Waals surface area contributed by atoms with Crippen LogP contribution in [0.15, 0.2) is 0 Å². The average molecular weight is 293 g/mol. The number of nitrogens with zero attached hydrogens (tertiary/aromatic N) is 1. The van der Waals surface area contributed by atoms with E-state index in [4.69, 9.17) is 4.74 Å². The Bertz CT molecular complexity index is 442. The summed E-state index contributed by atoms with van der Waals surface area (Å²) >= 11 is 0. The largest absolute Gasteiger partial charge is 0.468 e. The van der Waals surface area contributed by atoms with Crippen LogP contribution in [0.3, 0.4) is 0 Å². The maximum atomic E-state index is 12.3. The van der Waals surface area contributed by atoms with Gasteiger partial charge in [-0.1, -0.05) is 0 Å². The highest BCUT2D eigenvalue weighted by Gasteiger charge is 2.43. The molecule has 0 spiro atoms. The molecule has 110 valence electrons. The fraction of sp³-hybridized carbons (Fsp3) is 0.818. The van der Waals surface area contributed by atoms with Crippen molar-refractivity contribution in [2.24, 2.45) is 0 Å². The second-order valence-corrected chi connectivity index (χ2v) is 6.50. The maximum Gasteiger partial charge on any atom is 0.325 e. The van der Waals surface area contributed by atoms with Crippen LogP contribution < -0.4 is 0 Å². The Balaban J connectivity index is 2.86. The van der Waals surface area contributed by atoms with Crippen LogP contribution in [0, 0.1) is 0 Å². The average Bonchev–Trinajstić information content (AvgIpc) is 3.18. The van der Waals surface area contributed by atoms with E-state index in [0.717, 1.165) is 11.4 Å². The third-order valence-corrected chi connectivity index (χ3v) is 5.02. The molecule has 0 aromatic rings. The van der Waals surface area contributed by atoms with Crippen LogP contribution in [-0.2, 0) is 29.1 Å². The molecule has 0 bridgehead atoms. The van der Waals surface area contributed by atoms with Crippen molar-refractivity contribution in [2.75, 3.05) is 20.3 Å². The molecule has 1 unspecified atom stereocenters. The Morgan fingerprint density at radius 2 is 1.95 bits per heavy atom. The molecule has 0 aliphatic heterocycles. The Morgan fingerprint density at radius 1 is 1.37 bits per heavy atom. The zero-order valence-corrected chi connectivity index (χ0v) is 12.1. The number of ether oxygens (including phenoxy) is 2. The van der Waals surface area contributed by atoms with E-state index >= 15 is 0 Å². The van der Waals surface area contributed by atoms with Crippen molar-refractivity contribution in [1.82, 2.24) is 4.31 Å². The molecule has 1 aliphatic carbocycles. The summed E-state index contributed by atoms with van der Waals surface area (Å²) in [4.78, 5) is 22.8. The van der Waals surface area contributed by atoms with Gasteiger partial charge >= 0.3 is 11.9 Å². The number of methoxy groups -OCH3 is 1. The molecule has 0 radical (unpaired) electrons. The molecule has 0 aromatic heterocycles. The van der Waals surface area contributed by atoms with Gasteiger partial charge in [0.2, 0.25) is 10.0 Å². The SMILES string of the molecule is CCOC(=O)CN(C1CC1)S(=O)(=O)C(C)C(=O)OC. The van der Waals surface area contributed by atoms with Gasteiger partial charge in [0, 0.05) is 6.04 Å². The Hall–Kier alpha value is -1.15. The molecule has 0 heterocycles. The van der Waals surface area contributed by atoms with E-state index in [1.165, 1.54) is 6.92 Å². The van der Waals surface area contributed by atoms with Crippen molar-refractivity contribution < 1.29 is 27.5 Å². The minimum absolute atomic E-state index is 0.184. The molecule has 1 fully saturated rings. The molecule has 0 amide bonds. The Labute approximate surface area is 112 Å². The van der Waals surface area contributed by atoms with Crippen LogP contribution in [0.1, 0.15) is 26.7 Å². The van der Waals surface area contributed by atoms with Crippen molar-refractivity contribution in [3.05, 3.63) is 0 Å². The maximum absolute atomic E-state index is 12.3. The first-order chi connectivity index (χ1) is 8.84. The molecule has 1 aliphatic rings. The quantitative estimate of drug-likeness (QED) is 0.609. The van der Waals surface area contributed by atoms with Crippen molar-refractivity contribution in [3.8, 4) is 0 Å². The fourth-order valence-corrected chi connectivity index (χ4v) is 3.27. The number of esters is 2. The van der Waals surface area contributed by atoms with Crippen LogP contribution in [0.25, 0.3) is 0 Å². The van der Waals surface area contributed by atoms with Gasteiger partial charge in [0.25, 0.3) is 0 Å². The molecule has 7 nitrogen and oxygen atoms in total. The van der Waals surface area contributed by atoms with E-state index in [1.807, 2.05) is 0 Å². The van der Waals surface area contributed by atoms with Gasteiger partial charge in [-0.3, -0.25) is 9.59 Å². The topological polar surface area (TPSA) is 90.0 Å². The van der Waals surface area contributed by atoms with Crippen LogP contribution >= 0.6 is 0 Å². The molecule has 8 heteroatoms. The number of carbonyl (C=O) groups excluding carboxylic acids is 2. The summed E-state index contributed by atoms with van der Waals surface area (Å²) < 4.78 is 34.8. The number of hydrogen-bond donors (Lipinski definition) is 0. The minimum atomic E-state index is -3.90. The lowest BCUT2D eigenvalue weighted by Gasteiger charge is -2.23. The highest BCUT2D eigenvalue weighted by molar-refractivity contribution is 7.90. The number of rotatable bonds is 7. The second kappa shape index (κ2) is 6.33. The highest BCUT2D eigenvalue weighted by Crippen LogP contribution is 2.30. The molecule has 0 saturated heterocycles. The zero-order valence-electron chi connectivity index (χ0n) is 11.3. The smallest absolute Gasteiger partial charge is 0.325 e. The highest BCUT2D eigenvalue weighted by atomic mass is 32.2.